The molecule has 1 amide bonds. The molecule has 0 spiro atoms. The van der Waals surface area contributed by atoms with Gasteiger partial charge in [-0.25, -0.2) is 24.4 Å². The van der Waals surface area contributed by atoms with Crippen LogP contribution in [0.15, 0.2) is 53.7 Å². The number of amides is 1. The van der Waals surface area contributed by atoms with Crippen LogP contribution in [0.25, 0.3) is 0 Å². The Morgan fingerprint density at radius 3 is 2.64 bits per heavy atom. The Balaban J connectivity index is 1.53. The van der Waals surface area contributed by atoms with Crippen LogP contribution in [-0.2, 0) is 21.4 Å². The van der Waals surface area contributed by atoms with Crippen LogP contribution in [0.1, 0.15) is 23.6 Å². The molecular formula is C16H19N5O3S. The van der Waals surface area contributed by atoms with E-state index < -0.39 is 10.0 Å². The molecule has 0 aliphatic carbocycles. The second-order valence-electron chi connectivity index (χ2n) is 5.82. The third kappa shape index (κ3) is 4.40. The van der Waals surface area contributed by atoms with Crippen molar-refractivity contribution in [3.63, 3.8) is 0 Å². The molecule has 2 unspecified atom stereocenters. The lowest BCUT2D eigenvalue weighted by Gasteiger charge is -2.11. The number of nitrogens with zero attached hydrogens (tertiary/aromatic N) is 1. The van der Waals surface area contributed by atoms with Gasteiger partial charge >= 0.3 is 0 Å². The van der Waals surface area contributed by atoms with Crippen molar-refractivity contribution >= 4 is 15.9 Å². The van der Waals surface area contributed by atoms with Gasteiger partial charge < -0.3 is 5.32 Å². The quantitative estimate of drug-likeness (QED) is 0.592. The molecule has 0 radical (unpaired) electrons. The summed E-state index contributed by atoms with van der Waals surface area (Å²) in [6.07, 6.45) is 4.09. The summed E-state index contributed by atoms with van der Waals surface area (Å²) in [4.78, 5) is 16.4. The van der Waals surface area contributed by atoms with Crippen LogP contribution in [0.2, 0.25) is 0 Å². The van der Waals surface area contributed by atoms with Crippen molar-refractivity contribution in [3.8, 4) is 0 Å². The van der Waals surface area contributed by atoms with E-state index in [4.69, 9.17) is 5.14 Å². The summed E-state index contributed by atoms with van der Waals surface area (Å²) in [5, 5.41) is 7.89. The molecule has 1 saturated heterocycles. The monoisotopic (exact) mass is 361 g/mol. The second kappa shape index (κ2) is 7.28. The largest absolute Gasteiger partial charge is 0.351 e. The molecule has 1 aromatic carbocycles. The average Bonchev–Trinajstić information content (AvgIpc) is 3.10. The van der Waals surface area contributed by atoms with E-state index in [2.05, 4.69) is 21.2 Å². The molecule has 1 fully saturated rings. The smallest absolute Gasteiger partial charge is 0.238 e. The zero-order chi connectivity index (χ0) is 17.9. The molecule has 25 heavy (non-hydrogen) atoms. The van der Waals surface area contributed by atoms with Crippen LogP contribution >= 0.6 is 0 Å². The molecule has 1 aliphatic rings. The SMILES string of the molecule is NS(=O)(=O)c1ccc(CNC(=O)C2CC(c3cccnc3)NN2)cc1. The van der Waals surface area contributed by atoms with Gasteiger partial charge in [0, 0.05) is 25.0 Å². The van der Waals surface area contributed by atoms with Gasteiger partial charge in [0.05, 0.1) is 4.90 Å². The fourth-order valence-corrected chi connectivity index (χ4v) is 3.15. The number of rotatable bonds is 5. The van der Waals surface area contributed by atoms with Gasteiger partial charge in [0.25, 0.3) is 0 Å². The van der Waals surface area contributed by atoms with E-state index in [9.17, 15) is 13.2 Å². The predicted octanol–water partition coefficient (Wildman–Crippen LogP) is -0.0470. The third-order valence-electron chi connectivity index (χ3n) is 4.03. The Bertz CT molecular complexity index is 840. The molecule has 9 heteroatoms. The summed E-state index contributed by atoms with van der Waals surface area (Å²) in [6.45, 7) is 0.305. The maximum absolute atomic E-state index is 12.3. The Labute approximate surface area is 145 Å². The molecular weight excluding hydrogens is 342 g/mol. The van der Waals surface area contributed by atoms with Gasteiger partial charge in [-0.2, -0.15) is 0 Å². The number of sulfonamides is 1. The third-order valence-corrected chi connectivity index (χ3v) is 4.95. The predicted molar refractivity (Wildman–Crippen MR) is 91.3 cm³/mol. The Hall–Kier alpha value is -2.33. The van der Waals surface area contributed by atoms with Gasteiger partial charge in [0.1, 0.15) is 6.04 Å². The van der Waals surface area contributed by atoms with E-state index in [1.807, 2.05) is 12.1 Å². The van der Waals surface area contributed by atoms with E-state index in [1.54, 1.807) is 24.5 Å². The van der Waals surface area contributed by atoms with Crippen LogP contribution in [0.5, 0.6) is 0 Å². The minimum Gasteiger partial charge on any atom is -0.351 e. The molecule has 3 rings (SSSR count). The average molecular weight is 361 g/mol. The van der Waals surface area contributed by atoms with Crippen molar-refractivity contribution in [2.24, 2.45) is 5.14 Å². The maximum Gasteiger partial charge on any atom is 0.238 e. The highest BCUT2D eigenvalue weighted by molar-refractivity contribution is 7.89. The van der Waals surface area contributed by atoms with E-state index in [1.165, 1.54) is 12.1 Å². The Morgan fingerprint density at radius 1 is 1.24 bits per heavy atom. The maximum atomic E-state index is 12.3. The fraction of sp³-hybridized carbons (Fsp3) is 0.250. The molecule has 1 aliphatic heterocycles. The van der Waals surface area contributed by atoms with Crippen LogP contribution in [0.4, 0.5) is 0 Å². The van der Waals surface area contributed by atoms with Gasteiger partial charge in [0.15, 0.2) is 0 Å². The lowest BCUT2D eigenvalue weighted by molar-refractivity contribution is -0.123. The van der Waals surface area contributed by atoms with E-state index in [0.29, 0.717) is 13.0 Å². The van der Waals surface area contributed by atoms with Crippen molar-refractivity contribution in [3.05, 3.63) is 59.9 Å². The number of aromatic nitrogens is 1. The van der Waals surface area contributed by atoms with Gasteiger partial charge in [-0.1, -0.05) is 18.2 Å². The molecule has 1 aromatic heterocycles. The van der Waals surface area contributed by atoms with Crippen molar-refractivity contribution in [2.75, 3.05) is 0 Å². The first-order chi connectivity index (χ1) is 11.9. The van der Waals surface area contributed by atoms with E-state index >= 15 is 0 Å². The van der Waals surface area contributed by atoms with Crippen molar-refractivity contribution in [2.45, 2.75) is 29.9 Å². The van der Waals surface area contributed by atoms with Crippen LogP contribution in [0.3, 0.4) is 0 Å². The summed E-state index contributed by atoms with van der Waals surface area (Å²) in [6, 6.07) is 9.58. The number of hydrazine groups is 1. The molecule has 132 valence electrons. The van der Waals surface area contributed by atoms with Crippen molar-refractivity contribution < 1.29 is 13.2 Å². The standard InChI is InChI=1S/C16H19N5O3S/c17-25(23,24)13-5-3-11(4-6-13)9-19-16(22)15-8-14(20-21-15)12-2-1-7-18-10-12/h1-7,10,14-15,20-21H,8-9H2,(H,19,22)(H2,17,23,24). The molecule has 5 N–H and O–H groups in total. The zero-order valence-electron chi connectivity index (χ0n) is 13.3. The number of pyridine rings is 1. The number of carbonyl (C=O) groups is 1. The number of nitrogens with one attached hydrogen (secondary N) is 3. The molecule has 8 nitrogen and oxygen atoms in total. The highest BCUT2D eigenvalue weighted by Gasteiger charge is 2.29. The summed E-state index contributed by atoms with van der Waals surface area (Å²) in [7, 11) is -3.71. The van der Waals surface area contributed by atoms with Crippen LogP contribution < -0.4 is 21.3 Å². The number of nitrogens with two attached hydrogens (primary N) is 1. The van der Waals surface area contributed by atoms with E-state index in [0.717, 1.165) is 11.1 Å². The highest BCUT2D eigenvalue weighted by Crippen LogP contribution is 2.21. The number of benzene rings is 1. The van der Waals surface area contributed by atoms with Crippen molar-refractivity contribution in [1.29, 1.82) is 0 Å². The first kappa shape index (κ1) is 17.5. The summed E-state index contributed by atoms with van der Waals surface area (Å²) in [5.74, 6) is -0.130. The number of primary sulfonamides is 1. The first-order valence-electron chi connectivity index (χ1n) is 7.74. The van der Waals surface area contributed by atoms with Gasteiger partial charge in [0.2, 0.25) is 15.9 Å². The Morgan fingerprint density at radius 2 is 2.00 bits per heavy atom. The van der Waals surface area contributed by atoms with Crippen LogP contribution in [-0.4, -0.2) is 25.4 Å². The fourth-order valence-electron chi connectivity index (χ4n) is 2.64. The lowest BCUT2D eigenvalue weighted by Crippen LogP contribution is -2.42. The van der Waals surface area contributed by atoms with Gasteiger partial charge in [-0.05, 0) is 35.7 Å². The number of hydrogen-bond donors (Lipinski definition) is 4. The minimum atomic E-state index is -3.71. The van der Waals surface area contributed by atoms with E-state index in [-0.39, 0.29) is 22.9 Å². The normalized spacial score (nSPS) is 20.4. The van der Waals surface area contributed by atoms with Gasteiger partial charge in [-0.3, -0.25) is 9.78 Å². The van der Waals surface area contributed by atoms with Crippen molar-refractivity contribution in [1.82, 2.24) is 21.2 Å². The summed E-state index contributed by atoms with van der Waals surface area (Å²) < 4.78 is 22.4. The molecule has 2 atom stereocenters. The molecule has 0 bridgehead atoms. The number of hydrogen-bond acceptors (Lipinski definition) is 6. The zero-order valence-corrected chi connectivity index (χ0v) is 14.2. The molecule has 0 saturated carbocycles. The minimum absolute atomic E-state index is 0.0264. The summed E-state index contributed by atoms with van der Waals surface area (Å²) >= 11 is 0. The molecule has 2 heterocycles. The lowest BCUT2D eigenvalue weighted by atomic mass is 10.0. The summed E-state index contributed by atoms with van der Waals surface area (Å²) in [5.41, 5.74) is 7.88. The second-order valence-corrected chi connectivity index (χ2v) is 7.38. The highest BCUT2D eigenvalue weighted by atomic mass is 32.2. The van der Waals surface area contributed by atoms with Crippen LogP contribution in [0, 0.1) is 0 Å². The first-order valence-corrected chi connectivity index (χ1v) is 9.28. The molecule has 2 aromatic rings. The topological polar surface area (TPSA) is 126 Å². The number of carbonyl (C=O) groups excluding carboxylic acids is 1. The Kier molecular flexibility index (Phi) is 5.09. The van der Waals surface area contributed by atoms with Gasteiger partial charge in [-0.15, -0.1) is 0 Å².